The van der Waals surface area contributed by atoms with E-state index in [0.717, 1.165) is 0 Å². The molecule has 2 atom stereocenters. The number of phenols is 1. The summed E-state index contributed by atoms with van der Waals surface area (Å²) >= 11 is 0. The van der Waals surface area contributed by atoms with Gasteiger partial charge in [-0.2, -0.15) is 0 Å². The van der Waals surface area contributed by atoms with Gasteiger partial charge in [-0.3, -0.25) is 0 Å². The summed E-state index contributed by atoms with van der Waals surface area (Å²) in [4.78, 5) is 29.8. The molecule has 0 heterocycles. The number of para-hydroxylation sites is 1. The van der Waals surface area contributed by atoms with Gasteiger partial charge in [-0.15, -0.1) is 0 Å². The Labute approximate surface area is 145 Å². The molecule has 0 aromatic heterocycles. The number of carbonyl (C=O) groups is 3. The number of benzene rings is 1. The predicted octanol–water partition coefficient (Wildman–Crippen LogP) is -1.04. The molecule has 0 aliphatic carbocycles. The zero-order chi connectivity index (χ0) is 15.9. The number of carboxylic acid groups (broad SMARTS) is 3. The Bertz CT molecular complexity index is 488. The molecule has 0 bridgehead atoms. The molecule has 0 saturated carbocycles. The minimum atomic E-state index is -2.27. The third kappa shape index (κ3) is 8.63. The van der Waals surface area contributed by atoms with Crippen molar-refractivity contribution < 1.29 is 79.2 Å². The van der Waals surface area contributed by atoms with Crippen LogP contribution in [0.3, 0.4) is 0 Å². The van der Waals surface area contributed by atoms with Crippen LogP contribution >= 0.6 is 0 Å². The van der Waals surface area contributed by atoms with Crippen LogP contribution in [-0.4, -0.2) is 60.8 Å². The number of aliphatic carboxylic acids is 2. The van der Waals surface area contributed by atoms with E-state index in [-0.39, 0.29) is 45.5 Å². The fourth-order valence-electron chi connectivity index (χ4n) is 0.925. The van der Waals surface area contributed by atoms with Gasteiger partial charge in [0.25, 0.3) is 0 Å². The Hall–Kier alpha value is -1.61. The number of aliphatic hydroxyl groups is 2. The zero-order valence-corrected chi connectivity index (χ0v) is 12.4. The number of aliphatic hydroxyl groups excluding tert-OH is 2. The maximum Gasteiger partial charge on any atom is 0.339 e. The Morgan fingerprint density at radius 1 is 0.818 bits per heavy atom. The fraction of sp³-hybridized carbons (Fsp3) is 0.182. The van der Waals surface area contributed by atoms with Crippen molar-refractivity contribution in [1.29, 1.82) is 0 Å². The molecule has 1 aromatic rings. The van der Waals surface area contributed by atoms with E-state index >= 15 is 0 Å². The monoisotopic (exact) mass is 414 g/mol. The second-order valence-electron chi connectivity index (χ2n) is 3.39. The van der Waals surface area contributed by atoms with Gasteiger partial charge in [0.2, 0.25) is 0 Å². The van der Waals surface area contributed by atoms with E-state index in [1.54, 1.807) is 12.1 Å². The standard InChI is InChI=1S/C7H6O3.C4H6O6.2Cu/c8-6-4-2-1-3-5(6)7(9)10;5-1(3(7)8)2(6)4(9)10;;/h1-4,8H,(H,9,10);1-2,5-6H,(H,7,8)(H,9,10);;. The Balaban J connectivity index is -0.000000301. The number of rotatable bonds is 4. The summed E-state index contributed by atoms with van der Waals surface area (Å²) in [5.74, 6) is -4.85. The Morgan fingerprint density at radius 2 is 1.18 bits per heavy atom. The van der Waals surface area contributed by atoms with Gasteiger partial charge in [0.1, 0.15) is 11.3 Å². The molecule has 0 spiro atoms. The van der Waals surface area contributed by atoms with Crippen molar-refractivity contribution >= 4 is 17.9 Å². The van der Waals surface area contributed by atoms with Crippen LogP contribution in [0.2, 0.25) is 0 Å². The molecule has 0 fully saturated rings. The van der Waals surface area contributed by atoms with Crippen LogP contribution in [0.25, 0.3) is 0 Å². The molecular weight excluding hydrogens is 403 g/mol. The second-order valence-corrected chi connectivity index (χ2v) is 3.39. The minimum Gasteiger partial charge on any atom is -0.507 e. The summed E-state index contributed by atoms with van der Waals surface area (Å²) in [5.41, 5.74) is -0.0671. The van der Waals surface area contributed by atoms with Crippen LogP contribution in [0, 0.1) is 0 Å². The van der Waals surface area contributed by atoms with Gasteiger partial charge in [-0.25, -0.2) is 14.4 Å². The van der Waals surface area contributed by atoms with Crippen molar-refractivity contribution in [2.45, 2.75) is 12.2 Å². The third-order valence-electron chi connectivity index (χ3n) is 1.94. The number of aromatic carboxylic acids is 1. The van der Waals surface area contributed by atoms with Gasteiger partial charge in [-0.1, -0.05) is 12.1 Å². The molecule has 11 heteroatoms. The summed E-state index contributed by atoms with van der Waals surface area (Å²) in [6, 6.07) is 5.81. The van der Waals surface area contributed by atoms with Gasteiger partial charge in [0.15, 0.2) is 12.2 Å². The first-order valence-corrected chi connectivity index (χ1v) is 5.01. The first-order chi connectivity index (χ1) is 9.18. The van der Waals surface area contributed by atoms with Crippen LogP contribution in [0.1, 0.15) is 10.4 Å². The SMILES string of the molecule is O=C(O)C(O)C(O)C(=O)O.O=C(O)c1ccccc1O.[Cu].[Cu]. The molecule has 0 amide bonds. The number of carboxylic acids is 3. The molecule has 0 aliphatic rings. The van der Waals surface area contributed by atoms with Crippen molar-refractivity contribution in [3.05, 3.63) is 29.8 Å². The molecule has 9 nitrogen and oxygen atoms in total. The van der Waals surface area contributed by atoms with Crippen LogP contribution in [0.5, 0.6) is 5.75 Å². The van der Waals surface area contributed by atoms with Gasteiger partial charge < -0.3 is 30.6 Å². The molecule has 2 radical (unpaired) electrons. The fourth-order valence-corrected chi connectivity index (χ4v) is 0.925. The molecule has 0 aliphatic heterocycles. The molecule has 1 aromatic carbocycles. The topological polar surface area (TPSA) is 173 Å². The normalized spacial score (nSPS) is 11.4. The summed E-state index contributed by atoms with van der Waals surface area (Å²) in [7, 11) is 0. The van der Waals surface area contributed by atoms with Gasteiger partial charge in [0.05, 0.1) is 0 Å². The summed E-state index contributed by atoms with van der Waals surface area (Å²) in [5, 5.41) is 49.8. The van der Waals surface area contributed by atoms with Gasteiger partial charge >= 0.3 is 17.9 Å². The first-order valence-electron chi connectivity index (χ1n) is 5.01. The van der Waals surface area contributed by atoms with Crippen molar-refractivity contribution in [2.24, 2.45) is 0 Å². The largest absolute Gasteiger partial charge is 0.507 e. The van der Waals surface area contributed by atoms with E-state index in [4.69, 9.17) is 30.6 Å². The Kier molecular flexibility index (Phi) is 13.8. The maximum atomic E-state index is 10.3. The molecule has 2 unspecified atom stereocenters. The van der Waals surface area contributed by atoms with E-state index in [1.165, 1.54) is 12.1 Å². The van der Waals surface area contributed by atoms with Gasteiger partial charge in [0, 0.05) is 34.1 Å². The van der Waals surface area contributed by atoms with Crippen molar-refractivity contribution in [3.63, 3.8) is 0 Å². The quantitative estimate of drug-likeness (QED) is 0.336. The predicted molar refractivity (Wildman–Crippen MR) is 62.4 cm³/mol. The van der Waals surface area contributed by atoms with E-state index < -0.39 is 30.1 Å². The maximum absolute atomic E-state index is 10.3. The van der Waals surface area contributed by atoms with Crippen molar-refractivity contribution in [2.75, 3.05) is 0 Å². The van der Waals surface area contributed by atoms with Crippen LogP contribution in [0.4, 0.5) is 0 Å². The van der Waals surface area contributed by atoms with E-state index in [1.807, 2.05) is 0 Å². The van der Waals surface area contributed by atoms with Crippen molar-refractivity contribution in [1.82, 2.24) is 0 Å². The third-order valence-corrected chi connectivity index (χ3v) is 1.94. The van der Waals surface area contributed by atoms with E-state index in [9.17, 15) is 14.4 Å². The zero-order valence-electron chi connectivity index (χ0n) is 10.5. The first kappa shape index (κ1) is 25.3. The Morgan fingerprint density at radius 3 is 1.41 bits per heavy atom. The molecule has 0 saturated heterocycles. The second kappa shape index (κ2) is 12.0. The van der Waals surface area contributed by atoms with Crippen LogP contribution in [-0.2, 0) is 43.7 Å². The minimum absolute atomic E-state index is 0. The summed E-state index contributed by atoms with van der Waals surface area (Å²) < 4.78 is 0. The summed E-state index contributed by atoms with van der Waals surface area (Å²) in [6.07, 6.45) is -4.53. The van der Waals surface area contributed by atoms with Gasteiger partial charge in [-0.05, 0) is 12.1 Å². The van der Waals surface area contributed by atoms with E-state index in [2.05, 4.69) is 0 Å². The molecular formula is C11H12Cu2O9. The van der Waals surface area contributed by atoms with Crippen molar-refractivity contribution in [3.8, 4) is 5.75 Å². The smallest absolute Gasteiger partial charge is 0.339 e. The van der Waals surface area contributed by atoms with E-state index in [0.29, 0.717) is 0 Å². The van der Waals surface area contributed by atoms with Crippen LogP contribution < -0.4 is 0 Å². The number of aromatic hydroxyl groups is 1. The number of hydrogen-bond acceptors (Lipinski definition) is 6. The van der Waals surface area contributed by atoms with Crippen LogP contribution in [0.15, 0.2) is 24.3 Å². The summed E-state index contributed by atoms with van der Waals surface area (Å²) in [6.45, 7) is 0. The molecule has 6 N–H and O–H groups in total. The average Bonchev–Trinajstić information content (AvgIpc) is 2.37. The molecule has 1 rings (SSSR count). The molecule has 22 heavy (non-hydrogen) atoms. The molecule has 132 valence electrons. The number of hydrogen-bond donors (Lipinski definition) is 6. The average molecular weight is 415 g/mol.